The van der Waals surface area contributed by atoms with E-state index in [1.54, 1.807) is 16.8 Å². The smallest absolute Gasteiger partial charge is 0.261 e. The Balaban J connectivity index is 0.00000210. The molecule has 27 heavy (non-hydrogen) atoms. The molecule has 5 nitrogen and oxygen atoms in total. The van der Waals surface area contributed by atoms with Crippen LogP contribution in [0.15, 0.2) is 30.3 Å². The summed E-state index contributed by atoms with van der Waals surface area (Å²) in [5.41, 5.74) is 1.63. The first-order valence-corrected chi connectivity index (χ1v) is 9.61. The molecule has 2 unspecified atom stereocenters. The Morgan fingerprint density at radius 3 is 2.81 bits per heavy atom. The molecule has 0 saturated carbocycles. The molecule has 0 bridgehead atoms. The number of aromatic nitrogens is 2. The van der Waals surface area contributed by atoms with Crippen molar-refractivity contribution in [2.75, 3.05) is 13.1 Å². The zero-order valence-electron chi connectivity index (χ0n) is 15.2. The van der Waals surface area contributed by atoms with Crippen molar-refractivity contribution >= 4 is 39.9 Å². The van der Waals surface area contributed by atoms with Crippen molar-refractivity contribution in [2.45, 2.75) is 26.3 Å². The van der Waals surface area contributed by atoms with Crippen molar-refractivity contribution in [3.05, 3.63) is 46.7 Å². The first kappa shape index (κ1) is 19.8. The highest BCUT2D eigenvalue weighted by Crippen LogP contribution is 2.30. The number of aryl methyl sites for hydroxylation is 1. The molecule has 8 heteroatoms. The quantitative estimate of drug-likeness (QED) is 0.695. The van der Waals surface area contributed by atoms with Gasteiger partial charge in [-0.1, -0.05) is 6.92 Å². The van der Waals surface area contributed by atoms with Crippen LogP contribution >= 0.6 is 23.7 Å². The fourth-order valence-corrected chi connectivity index (χ4v) is 4.42. The highest BCUT2D eigenvalue weighted by molar-refractivity contribution is 7.20. The highest BCUT2D eigenvalue weighted by Gasteiger charge is 2.24. The van der Waals surface area contributed by atoms with Crippen LogP contribution in [-0.4, -0.2) is 34.8 Å². The van der Waals surface area contributed by atoms with Gasteiger partial charge in [0, 0.05) is 18.0 Å². The van der Waals surface area contributed by atoms with Crippen molar-refractivity contribution in [1.82, 2.24) is 20.4 Å². The maximum atomic E-state index is 13.2. The number of piperidine rings is 1. The van der Waals surface area contributed by atoms with E-state index in [1.165, 1.54) is 23.5 Å². The number of hydrogen-bond acceptors (Lipinski definition) is 4. The third-order valence-corrected chi connectivity index (χ3v) is 6.09. The van der Waals surface area contributed by atoms with Gasteiger partial charge in [-0.2, -0.15) is 5.10 Å². The lowest BCUT2D eigenvalue weighted by Crippen LogP contribution is -2.50. The Labute approximate surface area is 167 Å². The van der Waals surface area contributed by atoms with Gasteiger partial charge in [0.25, 0.3) is 5.91 Å². The van der Waals surface area contributed by atoms with Gasteiger partial charge in [0.15, 0.2) is 0 Å². The summed E-state index contributed by atoms with van der Waals surface area (Å²) in [6.45, 7) is 5.90. The molecule has 1 aliphatic rings. The van der Waals surface area contributed by atoms with Gasteiger partial charge in [-0.15, -0.1) is 23.7 Å². The van der Waals surface area contributed by atoms with Crippen LogP contribution in [0, 0.1) is 18.7 Å². The van der Waals surface area contributed by atoms with Crippen LogP contribution in [0.1, 0.15) is 28.7 Å². The number of benzene rings is 1. The van der Waals surface area contributed by atoms with Crippen molar-refractivity contribution in [2.24, 2.45) is 5.92 Å². The molecule has 1 amide bonds. The molecule has 1 aliphatic heterocycles. The molecule has 4 rings (SSSR count). The molecule has 1 saturated heterocycles. The lowest BCUT2D eigenvalue weighted by atomic mass is 9.95. The third kappa shape index (κ3) is 3.85. The first-order valence-electron chi connectivity index (χ1n) is 8.79. The van der Waals surface area contributed by atoms with E-state index >= 15 is 0 Å². The molecule has 0 aliphatic carbocycles. The Bertz CT molecular complexity index is 953. The fourth-order valence-electron chi connectivity index (χ4n) is 3.34. The first-order chi connectivity index (χ1) is 12.5. The fraction of sp³-hybridized carbons (Fsp3) is 0.368. The van der Waals surface area contributed by atoms with E-state index in [2.05, 4.69) is 22.7 Å². The molecule has 3 aromatic rings. The van der Waals surface area contributed by atoms with Crippen LogP contribution < -0.4 is 10.6 Å². The van der Waals surface area contributed by atoms with Gasteiger partial charge in [-0.05, 0) is 56.1 Å². The predicted octanol–water partition coefficient (Wildman–Crippen LogP) is 3.68. The van der Waals surface area contributed by atoms with E-state index in [4.69, 9.17) is 0 Å². The lowest BCUT2D eigenvalue weighted by Gasteiger charge is -2.30. The van der Waals surface area contributed by atoms with E-state index < -0.39 is 0 Å². The van der Waals surface area contributed by atoms with E-state index in [9.17, 15) is 9.18 Å². The summed E-state index contributed by atoms with van der Waals surface area (Å²) < 4.78 is 15.0. The van der Waals surface area contributed by atoms with Crippen molar-refractivity contribution < 1.29 is 9.18 Å². The van der Waals surface area contributed by atoms with Crippen LogP contribution in [-0.2, 0) is 0 Å². The number of fused-ring (bicyclic) bond motifs is 1. The Morgan fingerprint density at radius 2 is 2.11 bits per heavy atom. The molecule has 0 spiro atoms. The number of amides is 1. The monoisotopic (exact) mass is 408 g/mol. The summed E-state index contributed by atoms with van der Waals surface area (Å²) >= 11 is 1.42. The van der Waals surface area contributed by atoms with Gasteiger partial charge in [0.1, 0.15) is 10.6 Å². The maximum absolute atomic E-state index is 13.2. The predicted molar refractivity (Wildman–Crippen MR) is 109 cm³/mol. The summed E-state index contributed by atoms with van der Waals surface area (Å²) in [5.74, 6) is 0.137. The summed E-state index contributed by atoms with van der Waals surface area (Å²) in [6, 6.07) is 8.26. The molecule has 2 N–H and O–H groups in total. The molecule has 1 fully saturated rings. The number of thiophene rings is 1. The third-order valence-electron chi connectivity index (χ3n) is 4.98. The van der Waals surface area contributed by atoms with E-state index in [0.29, 0.717) is 10.8 Å². The van der Waals surface area contributed by atoms with Gasteiger partial charge in [0.05, 0.1) is 16.3 Å². The normalized spacial score (nSPS) is 19.7. The van der Waals surface area contributed by atoms with E-state index in [0.717, 1.165) is 41.1 Å². The number of nitrogens with zero attached hydrogens (tertiary/aromatic N) is 2. The zero-order chi connectivity index (χ0) is 18.3. The Morgan fingerprint density at radius 1 is 1.37 bits per heavy atom. The summed E-state index contributed by atoms with van der Waals surface area (Å²) in [6.07, 6.45) is 1.07. The maximum Gasteiger partial charge on any atom is 0.261 e. The van der Waals surface area contributed by atoms with Crippen molar-refractivity contribution in [3.8, 4) is 5.69 Å². The second-order valence-electron chi connectivity index (χ2n) is 6.85. The van der Waals surface area contributed by atoms with Gasteiger partial charge < -0.3 is 10.6 Å². The molecule has 0 radical (unpaired) electrons. The minimum atomic E-state index is -0.282. The molecule has 1 aromatic carbocycles. The van der Waals surface area contributed by atoms with Crippen molar-refractivity contribution in [1.29, 1.82) is 0 Å². The number of carbonyl (C=O) groups excluding carboxylic acids is 1. The highest BCUT2D eigenvalue weighted by atomic mass is 35.5. The van der Waals surface area contributed by atoms with Crippen LogP contribution in [0.5, 0.6) is 0 Å². The summed E-state index contributed by atoms with van der Waals surface area (Å²) in [7, 11) is 0. The van der Waals surface area contributed by atoms with Crippen LogP contribution in [0.3, 0.4) is 0 Å². The molecular weight excluding hydrogens is 387 g/mol. The SMILES string of the molecule is Cc1nn(-c2ccc(F)cc2)c2sc(C(=O)NC3CNCCC3C)cc12.Cl. The topological polar surface area (TPSA) is 59.0 Å². The Kier molecular flexibility index (Phi) is 5.83. The van der Waals surface area contributed by atoms with Gasteiger partial charge in [0.2, 0.25) is 0 Å². The standard InChI is InChI=1S/C19H21FN4OS.ClH/c1-11-7-8-21-10-16(11)22-18(25)17-9-15-12(2)23-24(19(15)26-17)14-5-3-13(20)4-6-14;/h3-6,9,11,16,21H,7-8,10H2,1-2H3,(H,22,25);1H. The van der Waals surface area contributed by atoms with E-state index in [-0.39, 0.29) is 30.2 Å². The number of rotatable bonds is 3. The average molecular weight is 409 g/mol. The van der Waals surface area contributed by atoms with Crippen LogP contribution in [0.25, 0.3) is 15.9 Å². The molecule has 3 heterocycles. The minimum absolute atomic E-state index is 0. The van der Waals surface area contributed by atoms with Gasteiger partial charge >= 0.3 is 0 Å². The molecule has 2 aromatic heterocycles. The average Bonchev–Trinajstić information content (AvgIpc) is 3.19. The number of nitrogens with one attached hydrogen (secondary N) is 2. The van der Waals surface area contributed by atoms with Gasteiger partial charge in [-0.25, -0.2) is 9.07 Å². The lowest BCUT2D eigenvalue weighted by molar-refractivity contribution is 0.0919. The van der Waals surface area contributed by atoms with Crippen LogP contribution in [0.4, 0.5) is 4.39 Å². The largest absolute Gasteiger partial charge is 0.347 e. The second kappa shape index (κ2) is 7.96. The number of halogens is 2. The van der Waals surface area contributed by atoms with E-state index in [1.807, 2.05) is 13.0 Å². The second-order valence-corrected chi connectivity index (χ2v) is 7.88. The Hall–Kier alpha value is -1.96. The van der Waals surface area contributed by atoms with Crippen LogP contribution in [0.2, 0.25) is 0 Å². The minimum Gasteiger partial charge on any atom is -0.347 e. The zero-order valence-corrected chi connectivity index (χ0v) is 16.8. The number of hydrogen-bond donors (Lipinski definition) is 2. The number of carbonyl (C=O) groups is 1. The molecular formula is C19H22ClFN4OS. The molecule has 144 valence electrons. The van der Waals surface area contributed by atoms with Gasteiger partial charge in [-0.3, -0.25) is 4.79 Å². The summed E-state index contributed by atoms with van der Waals surface area (Å²) in [4.78, 5) is 14.3. The molecule has 2 atom stereocenters. The summed E-state index contributed by atoms with van der Waals surface area (Å²) in [5, 5.41) is 12.0. The van der Waals surface area contributed by atoms with Crippen molar-refractivity contribution in [3.63, 3.8) is 0 Å².